The number of likely N-dealkylation sites (N-methyl/N-ethyl adjacent to an activating group) is 1. The highest BCUT2D eigenvalue weighted by atomic mass is 32.2. The lowest BCUT2D eigenvalue weighted by molar-refractivity contribution is -0.120. The van der Waals surface area contributed by atoms with E-state index in [9.17, 15) is 13.2 Å². The number of aromatic nitrogens is 1. The van der Waals surface area contributed by atoms with Gasteiger partial charge >= 0.3 is 0 Å². The summed E-state index contributed by atoms with van der Waals surface area (Å²) in [5.41, 5.74) is 0. The van der Waals surface area contributed by atoms with E-state index < -0.39 is 30.5 Å². The standard InChI is InChI=1S/C31H40N4O4S2Si/c1-7-19-33(6)41(37,38)34-20-18-27-28(34)23(2)29(36)35(27)30-32-21-24(40-30)22-39-42(31(3,4)5,25-14-10-8-11-15-25)26-16-12-9-13-17-26/h7-17,21,23,27-28H,1,18-20,22H2,2-6H3/t23-,27-,28+/m0/s1. The van der Waals surface area contributed by atoms with Gasteiger partial charge in [-0.25, -0.2) is 4.98 Å². The summed E-state index contributed by atoms with van der Waals surface area (Å²) in [5.74, 6) is -0.560. The second-order valence-corrected chi connectivity index (χ2v) is 19.5. The van der Waals surface area contributed by atoms with E-state index in [1.54, 1.807) is 24.2 Å². The Morgan fingerprint density at radius 2 is 1.71 bits per heavy atom. The highest BCUT2D eigenvalue weighted by Gasteiger charge is 2.56. The Hall–Kier alpha value is -2.67. The minimum atomic E-state index is -3.72. The Labute approximate surface area is 254 Å². The minimum absolute atomic E-state index is 0.0925. The van der Waals surface area contributed by atoms with Crippen LogP contribution in [0.15, 0.2) is 79.5 Å². The van der Waals surface area contributed by atoms with Gasteiger partial charge in [0.25, 0.3) is 18.5 Å². The molecule has 3 heterocycles. The summed E-state index contributed by atoms with van der Waals surface area (Å²) in [5, 5.41) is 2.84. The molecule has 0 radical (unpaired) electrons. The quantitative estimate of drug-likeness (QED) is 0.252. The van der Waals surface area contributed by atoms with Crippen LogP contribution in [0, 0.1) is 5.92 Å². The lowest BCUT2D eigenvalue weighted by Gasteiger charge is -2.42. The van der Waals surface area contributed by atoms with Crippen molar-refractivity contribution in [3.05, 3.63) is 84.4 Å². The molecular weight excluding hydrogens is 585 g/mol. The summed E-state index contributed by atoms with van der Waals surface area (Å²) in [4.78, 5) is 20.9. The molecule has 2 aliphatic rings. The van der Waals surface area contributed by atoms with Crippen molar-refractivity contribution < 1.29 is 17.6 Å². The van der Waals surface area contributed by atoms with Crippen LogP contribution in [0.3, 0.4) is 0 Å². The summed E-state index contributed by atoms with van der Waals surface area (Å²) in [6, 6.07) is 20.3. The number of rotatable bonds is 10. The molecule has 0 bridgehead atoms. The molecule has 3 atom stereocenters. The van der Waals surface area contributed by atoms with Gasteiger partial charge in [0.15, 0.2) is 5.13 Å². The molecule has 1 amide bonds. The molecule has 8 nitrogen and oxygen atoms in total. The molecule has 1 aromatic heterocycles. The number of amides is 1. The van der Waals surface area contributed by atoms with E-state index in [-0.39, 0.29) is 23.5 Å². The lowest BCUT2D eigenvalue weighted by atomic mass is 10.0. The number of hydrogen-bond donors (Lipinski definition) is 0. The van der Waals surface area contributed by atoms with E-state index in [4.69, 9.17) is 4.43 Å². The van der Waals surface area contributed by atoms with E-state index in [0.29, 0.717) is 24.7 Å². The zero-order valence-corrected chi connectivity index (χ0v) is 27.6. The predicted octanol–water partition coefficient (Wildman–Crippen LogP) is 4.01. The fourth-order valence-electron chi connectivity index (χ4n) is 6.54. The molecule has 3 aromatic rings. The van der Waals surface area contributed by atoms with E-state index in [0.717, 1.165) is 4.88 Å². The summed E-state index contributed by atoms with van der Waals surface area (Å²) in [6.45, 7) is 13.2. The number of hydrogen-bond acceptors (Lipinski definition) is 6. The molecule has 224 valence electrons. The van der Waals surface area contributed by atoms with Crippen molar-refractivity contribution in [2.24, 2.45) is 5.92 Å². The SMILES string of the molecule is C=CCN(C)S(=O)(=O)N1CC[C@H]2[C@H]1[C@H](C)C(=O)N2c1ncc(CO[Si](c2ccccc2)(c2ccccc2)C(C)(C)C)s1. The second kappa shape index (κ2) is 11.8. The average Bonchev–Trinajstić information content (AvgIpc) is 3.67. The Balaban J connectivity index is 1.42. The van der Waals surface area contributed by atoms with Gasteiger partial charge in [-0.1, -0.05) is 106 Å². The van der Waals surface area contributed by atoms with Gasteiger partial charge in [0.2, 0.25) is 5.91 Å². The molecule has 2 fully saturated rings. The normalized spacial score (nSPS) is 21.7. The first kappa shape index (κ1) is 30.8. The second-order valence-electron chi connectivity index (χ2n) is 12.1. The van der Waals surface area contributed by atoms with Crippen molar-refractivity contribution >= 4 is 51.3 Å². The molecule has 11 heteroatoms. The van der Waals surface area contributed by atoms with Crippen LogP contribution in [0.4, 0.5) is 5.13 Å². The number of fused-ring (bicyclic) bond motifs is 1. The van der Waals surface area contributed by atoms with Crippen LogP contribution in [0.5, 0.6) is 0 Å². The molecule has 2 aromatic carbocycles. The smallest absolute Gasteiger partial charge is 0.282 e. The first-order valence-corrected chi connectivity index (χ1v) is 18.4. The molecule has 2 saturated heterocycles. The van der Waals surface area contributed by atoms with Crippen molar-refractivity contribution in [3.8, 4) is 0 Å². The van der Waals surface area contributed by atoms with Crippen molar-refractivity contribution in [3.63, 3.8) is 0 Å². The van der Waals surface area contributed by atoms with E-state index in [1.165, 1.54) is 30.3 Å². The minimum Gasteiger partial charge on any atom is -0.402 e. The Kier molecular flexibility index (Phi) is 8.63. The van der Waals surface area contributed by atoms with Gasteiger partial charge in [0.05, 0.1) is 29.5 Å². The van der Waals surface area contributed by atoms with Crippen LogP contribution < -0.4 is 15.3 Å². The molecule has 0 spiro atoms. The van der Waals surface area contributed by atoms with Crippen molar-refractivity contribution in [2.75, 3.05) is 25.0 Å². The largest absolute Gasteiger partial charge is 0.402 e. The maximum absolute atomic E-state index is 13.5. The number of benzene rings is 2. The molecule has 0 aliphatic carbocycles. The average molecular weight is 625 g/mol. The molecule has 0 unspecified atom stereocenters. The van der Waals surface area contributed by atoms with Gasteiger partial charge in [-0.15, -0.1) is 6.58 Å². The molecule has 5 rings (SSSR count). The predicted molar refractivity (Wildman–Crippen MR) is 172 cm³/mol. The molecular formula is C31H40N4O4S2Si. The van der Waals surface area contributed by atoms with Crippen molar-refractivity contribution in [1.82, 2.24) is 13.6 Å². The maximum atomic E-state index is 13.5. The van der Waals surface area contributed by atoms with Gasteiger partial charge < -0.3 is 4.43 Å². The van der Waals surface area contributed by atoms with Crippen LogP contribution >= 0.6 is 11.3 Å². The van der Waals surface area contributed by atoms with E-state index >= 15 is 0 Å². The number of carbonyl (C=O) groups excluding carboxylic acids is 1. The van der Waals surface area contributed by atoms with Crippen molar-refractivity contribution in [1.29, 1.82) is 0 Å². The van der Waals surface area contributed by atoms with Crippen LogP contribution in [-0.2, 0) is 26.0 Å². The molecule has 0 saturated carbocycles. The highest BCUT2D eigenvalue weighted by Crippen LogP contribution is 2.43. The van der Waals surface area contributed by atoms with Crippen LogP contribution in [0.2, 0.25) is 5.04 Å². The summed E-state index contributed by atoms with van der Waals surface area (Å²) < 4.78 is 36.5. The van der Waals surface area contributed by atoms with Gasteiger partial charge in [-0.05, 0) is 21.8 Å². The Morgan fingerprint density at radius 3 is 2.26 bits per heavy atom. The topological polar surface area (TPSA) is 83.1 Å². The fraction of sp³-hybridized carbons (Fsp3) is 0.419. The summed E-state index contributed by atoms with van der Waals surface area (Å²) >= 11 is 1.45. The summed E-state index contributed by atoms with van der Waals surface area (Å²) in [7, 11) is -4.91. The Morgan fingerprint density at radius 1 is 1.12 bits per heavy atom. The van der Waals surface area contributed by atoms with Crippen LogP contribution in [-0.4, -0.2) is 68.5 Å². The van der Waals surface area contributed by atoms with Crippen molar-refractivity contribution in [2.45, 2.75) is 57.8 Å². The first-order valence-electron chi connectivity index (χ1n) is 14.3. The van der Waals surface area contributed by atoms with Gasteiger partial charge in [0.1, 0.15) is 0 Å². The number of nitrogens with zero attached hydrogens (tertiary/aromatic N) is 4. The van der Waals surface area contributed by atoms with Crippen LogP contribution in [0.25, 0.3) is 0 Å². The number of thiazole rings is 1. The monoisotopic (exact) mass is 624 g/mol. The summed E-state index contributed by atoms with van der Waals surface area (Å²) in [6.07, 6.45) is 3.92. The Bertz CT molecular complexity index is 1490. The third-order valence-electron chi connectivity index (χ3n) is 8.51. The number of carbonyl (C=O) groups is 1. The van der Waals surface area contributed by atoms with Crippen LogP contribution in [0.1, 0.15) is 39.0 Å². The van der Waals surface area contributed by atoms with Gasteiger partial charge in [-0.3, -0.25) is 9.69 Å². The van der Waals surface area contributed by atoms with E-state index in [1.807, 2.05) is 19.1 Å². The lowest BCUT2D eigenvalue weighted by Crippen LogP contribution is -2.66. The van der Waals surface area contributed by atoms with E-state index in [2.05, 4.69) is 80.9 Å². The molecule has 42 heavy (non-hydrogen) atoms. The third-order valence-corrected chi connectivity index (χ3v) is 16.4. The maximum Gasteiger partial charge on any atom is 0.282 e. The molecule has 0 N–H and O–H groups in total. The number of anilines is 1. The zero-order valence-electron chi connectivity index (χ0n) is 24.9. The first-order chi connectivity index (χ1) is 19.9. The fourth-order valence-corrected chi connectivity index (χ4v) is 13.7. The third kappa shape index (κ3) is 5.20. The van der Waals surface area contributed by atoms with Gasteiger partial charge in [0, 0.05) is 26.3 Å². The molecule has 2 aliphatic heterocycles. The zero-order chi connectivity index (χ0) is 30.3. The van der Waals surface area contributed by atoms with Gasteiger partial charge in [-0.2, -0.15) is 17.0 Å². The highest BCUT2D eigenvalue weighted by molar-refractivity contribution is 7.86.